The summed E-state index contributed by atoms with van der Waals surface area (Å²) in [5.41, 5.74) is -2.00. The van der Waals surface area contributed by atoms with Crippen molar-refractivity contribution in [1.29, 1.82) is 0 Å². The largest absolute Gasteiger partial charge is 0.377 e. The number of carbonyl (C=O) groups excluding carboxylic acids is 8. The lowest BCUT2D eigenvalue weighted by Gasteiger charge is -2.34. The van der Waals surface area contributed by atoms with Crippen molar-refractivity contribution in [1.82, 2.24) is 31.9 Å². The molecule has 2 heterocycles. The number of hydrogen-bond acceptors (Lipinski definition) is 10. The van der Waals surface area contributed by atoms with Crippen LogP contribution in [-0.4, -0.2) is 87.0 Å². The molecule has 2 aliphatic rings. The highest BCUT2D eigenvalue weighted by Crippen LogP contribution is 2.34. The molecule has 6 N–H and O–H groups in total. The summed E-state index contributed by atoms with van der Waals surface area (Å²) in [4.78, 5) is 99.0. The molecule has 2 saturated heterocycles. The topological polar surface area (TPSA) is 227 Å². The molecule has 0 radical (unpaired) electrons. The molecule has 2 aromatic rings. The Balaban J connectivity index is 0.979. The van der Waals surface area contributed by atoms with Crippen LogP contribution in [0.3, 0.4) is 0 Å². The first-order valence-electron chi connectivity index (χ1n) is 18.2. The van der Waals surface area contributed by atoms with Crippen LogP contribution in [0, 0.1) is 0 Å². The predicted molar refractivity (Wildman–Crippen MR) is 193 cm³/mol. The van der Waals surface area contributed by atoms with Crippen molar-refractivity contribution in [2.24, 2.45) is 0 Å². The Hall–Kier alpha value is -5.48. The third-order valence-electron chi connectivity index (χ3n) is 9.41. The van der Waals surface area contributed by atoms with E-state index in [-0.39, 0.29) is 37.5 Å². The summed E-state index contributed by atoms with van der Waals surface area (Å²) < 4.78 is 11.0. The van der Waals surface area contributed by atoms with Crippen LogP contribution in [0.25, 0.3) is 0 Å². The normalized spacial score (nSPS) is 16.1. The van der Waals surface area contributed by atoms with Gasteiger partial charge in [0.05, 0.1) is 26.4 Å². The number of hydrogen-bond donors (Lipinski definition) is 6. The van der Waals surface area contributed by atoms with Gasteiger partial charge in [-0.05, 0) is 36.8 Å². The summed E-state index contributed by atoms with van der Waals surface area (Å²) in [6.45, 7) is 1.88. The summed E-state index contributed by atoms with van der Waals surface area (Å²) in [6.07, 6.45) is 4.27. The first-order chi connectivity index (χ1) is 26.1. The fourth-order valence-electron chi connectivity index (χ4n) is 6.55. The van der Waals surface area contributed by atoms with Gasteiger partial charge in [-0.25, -0.2) is 9.59 Å². The smallest absolute Gasteiger partial charge is 0.328 e. The van der Waals surface area contributed by atoms with Gasteiger partial charge in [-0.3, -0.25) is 50.0 Å². The summed E-state index contributed by atoms with van der Waals surface area (Å²) in [7, 11) is 0. The van der Waals surface area contributed by atoms with Gasteiger partial charge in [0.15, 0.2) is 10.8 Å². The number of urea groups is 2. The minimum absolute atomic E-state index is 0.139. The Morgan fingerprint density at radius 2 is 0.833 bits per heavy atom. The minimum Gasteiger partial charge on any atom is -0.377 e. The Labute approximate surface area is 313 Å². The van der Waals surface area contributed by atoms with Crippen LogP contribution in [0.2, 0.25) is 0 Å². The number of imide groups is 4. The molecule has 54 heavy (non-hydrogen) atoms. The zero-order chi connectivity index (χ0) is 38.8. The number of barbiturate groups is 2. The lowest BCUT2D eigenvalue weighted by atomic mass is 9.73. The van der Waals surface area contributed by atoms with Crippen molar-refractivity contribution in [3.63, 3.8) is 0 Å². The van der Waals surface area contributed by atoms with Crippen LogP contribution in [0.4, 0.5) is 9.59 Å². The molecule has 2 fully saturated rings. The predicted octanol–water partition coefficient (Wildman–Crippen LogP) is 1.76. The molecule has 2 aliphatic heterocycles. The highest BCUT2D eigenvalue weighted by Gasteiger charge is 2.52. The zero-order valence-corrected chi connectivity index (χ0v) is 30.2. The van der Waals surface area contributed by atoms with Gasteiger partial charge >= 0.3 is 12.1 Å². The maximum Gasteiger partial charge on any atom is 0.328 e. The third-order valence-corrected chi connectivity index (χ3v) is 9.41. The van der Waals surface area contributed by atoms with E-state index in [1.807, 2.05) is 0 Å². The van der Waals surface area contributed by atoms with Gasteiger partial charge in [0.2, 0.25) is 35.4 Å². The number of amides is 10. The van der Waals surface area contributed by atoms with E-state index in [0.29, 0.717) is 89.2 Å². The molecule has 10 amide bonds. The van der Waals surface area contributed by atoms with Crippen LogP contribution in [-0.2, 0) is 49.1 Å². The first kappa shape index (κ1) is 41.3. The van der Waals surface area contributed by atoms with E-state index in [0.717, 1.165) is 0 Å². The van der Waals surface area contributed by atoms with E-state index in [2.05, 4.69) is 31.9 Å². The molecule has 4 rings (SSSR count). The highest BCUT2D eigenvalue weighted by atomic mass is 16.5. The monoisotopic (exact) mass is 748 g/mol. The average molecular weight is 749 g/mol. The molecule has 0 atom stereocenters. The minimum atomic E-state index is -1.51. The number of ether oxygens (including phenoxy) is 2. The number of unbranched alkanes of at least 4 members (excludes halogenated alkanes) is 4. The van der Waals surface area contributed by atoms with Crippen molar-refractivity contribution in [3.8, 4) is 0 Å². The molecular weight excluding hydrogens is 700 g/mol. The Bertz CT molecular complexity index is 1490. The quantitative estimate of drug-likeness (QED) is 0.0713. The van der Waals surface area contributed by atoms with Crippen LogP contribution >= 0.6 is 0 Å². The van der Waals surface area contributed by atoms with Gasteiger partial charge in [-0.15, -0.1) is 0 Å². The maximum absolute atomic E-state index is 12.8. The molecule has 0 saturated carbocycles. The second kappa shape index (κ2) is 20.7. The van der Waals surface area contributed by atoms with Gasteiger partial charge < -0.3 is 20.1 Å². The first-order valence-corrected chi connectivity index (χ1v) is 18.2. The number of benzene rings is 2. The Morgan fingerprint density at radius 3 is 1.19 bits per heavy atom. The fraction of sp³-hybridized carbons (Fsp3) is 0.474. The van der Waals surface area contributed by atoms with Gasteiger partial charge in [0.25, 0.3) is 0 Å². The van der Waals surface area contributed by atoms with Crippen molar-refractivity contribution < 1.29 is 47.8 Å². The number of nitrogens with one attached hydrogen (secondary N) is 6. The van der Waals surface area contributed by atoms with Crippen LogP contribution in [0.1, 0.15) is 75.3 Å². The Morgan fingerprint density at radius 1 is 0.481 bits per heavy atom. The van der Waals surface area contributed by atoms with Crippen molar-refractivity contribution in [2.45, 2.75) is 75.0 Å². The van der Waals surface area contributed by atoms with Crippen molar-refractivity contribution >= 4 is 47.5 Å². The van der Waals surface area contributed by atoms with E-state index in [9.17, 15) is 38.4 Å². The summed E-state index contributed by atoms with van der Waals surface area (Å²) >= 11 is 0. The molecule has 0 aliphatic carbocycles. The van der Waals surface area contributed by atoms with Gasteiger partial charge in [-0.1, -0.05) is 86.3 Å². The molecule has 16 nitrogen and oxygen atoms in total. The van der Waals surface area contributed by atoms with Crippen molar-refractivity contribution in [2.75, 3.05) is 39.5 Å². The molecule has 16 heteroatoms. The zero-order valence-electron chi connectivity index (χ0n) is 30.2. The SMILES string of the molecule is O=C(CCCCCC1(c2ccccc2)C(=O)NC(=O)NC1=O)NCCOCCOCCNC(=O)CCCCCC1(c2ccccc2)C(=O)NC(=O)NC1=O. The highest BCUT2D eigenvalue weighted by molar-refractivity contribution is 6.23. The molecule has 290 valence electrons. The number of rotatable bonds is 23. The summed E-state index contributed by atoms with van der Waals surface area (Å²) in [6, 6.07) is 15.5. The second-order valence-electron chi connectivity index (χ2n) is 13.1. The summed E-state index contributed by atoms with van der Waals surface area (Å²) in [5.74, 6) is -2.89. The van der Waals surface area contributed by atoms with Gasteiger partial charge in [-0.2, -0.15) is 0 Å². The van der Waals surface area contributed by atoms with Crippen LogP contribution < -0.4 is 31.9 Å². The lowest BCUT2D eigenvalue weighted by molar-refractivity contribution is -0.140. The standard InChI is InChI=1S/C38H48N6O10/c45-29(17-9-3-11-19-37(27-13-5-1-6-14-27)31(47)41-35(51)42-32(37)48)39-21-23-53-25-26-54-24-22-40-30(46)18-10-4-12-20-38(28-15-7-2-8-16-28)33(49)43-36(52)44-34(38)50/h1-2,5-8,13-16H,3-4,9-12,17-26H2,(H,39,45)(H,40,46)(H2,41,42,47,48,51)(H2,43,44,49,50,52). The lowest BCUT2D eigenvalue weighted by Crippen LogP contribution is -2.64. The molecule has 0 unspecified atom stereocenters. The molecule has 0 bridgehead atoms. The number of carbonyl (C=O) groups is 8. The van der Waals surface area contributed by atoms with Crippen LogP contribution in [0.15, 0.2) is 60.7 Å². The fourth-order valence-corrected chi connectivity index (χ4v) is 6.55. The Kier molecular flexibility index (Phi) is 15.8. The van der Waals surface area contributed by atoms with Gasteiger partial charge in [0, 0.05) is 25.9 Å². The van der Waals surface area contributed by atoms with Gasteiger partial charge in [0.1, 0.15) is 0 Å². The average Bonchev–Trinajstić information content (AvgIpc) is 3.15. The second-order valence-corrected chi connectivity index (χ2v) is 13.1. The van der Waals surface area contributed by atoms with Crippen LogP contribution in [0.5, 0.6) is 0 Å². The summed E-state index contributed by atoms with van der Waals surface area (Å²) in [5, 5.41) is 14.4. The van der Waals surface area contributed by atoms with E-state index >= 15 is 0 Å². The van der Waals surface area contributed by atoms with E-state index in [1.165, 1.54) is 0 Å². The maximum atomic E-state index is 12.8. The molecule has 0 spiro atoms. The molecule has 0 aromatic heterocycles. The molecular formula is C38H48N6O10. The molecule has 2 aromatic carbocycles. The van der Waals surface area contributed by atoms with Crippen molar-refractivity contribution in [3.05, 3.63) is 71.8 Å². The van der Waals surface area contributed by atoms with E-state index in [1.54, 1.807) is 60.7 Å². The van der Waals surface area contributed by atoms with E-state index < -0.39 is 46.5 Å². The third kappa shape index (κ3) is 11.0. The van der Waals surface area contributed by atoms with E-state index in [4.69, 9.17) is 9.47 Å².